The van der Waals surface area contributed by atoms with Crippen LogP contribution in [0.2, 0.25) is 0 Å². The van der Waals surface area contributed by atoms with Crippen molar-refractivity contribution in [2.24, 2.45) is 11.7 Å². The molecule has 3 aliphatic rings. The molecular weight excluding hydrogens is 486 g/mol. The Kier molecular flexibility index (Phi) is 7.43. The molecule has 1 aromatic carbocycles. The van der Waals surface area contributed by atoms with Gasteiger partial charge in [0.2, 0.25) is 5.95 Å². The van der Waals surface area contributed by atoms with E-state index in [-0.39, 0.29) is 17.5 Å². The lowest BCUT2D eigenvalue weighted by Gasteiger charge is -2.32. The van der Waals surface area contributed by atoms with Gasteiger partial charge < -0.3 is 21.0 Å². The van der Waals surface area contributed by atoms with Crippen molar-refractivity contribution in [1.29, 1.82) is 0 Å². The summed E-state index contributed by atoms with van der Waals surface area (Å²) in [4.78, 5) is 14.6. The number of halogens is 2. The number of fused-ring (bicyclic) bond motifs is 1. The van der Waals surface area contributed by atoms with Crippen molar-refractivity contribution in [2.75, 3.05) is 23.8 Å². The second-order valence-corrected chi connectivity index (χ2v) is 11.4. The highest BCUT2D eigenvalue weighted by Crippen LogP contribution is 2.34. The van der Waals surface area contributed by atoms with Crippen molar-refractivity contribution >= 4 is 22.9 Å². The number of piperidine rings is 1. The van der Waals surface area contributed by atoms with Gasteiger partial charge in [0.1, 0.15) is 11.6 Å². The minimum Gasteiger partial charge on any atom is -0.351 e. The van der Waals surface area contributed by atoms with Gasteiger partial charge in [-0.1, -0.05) is 18.9 Å². The Morgan fingerprint density at radius 2 is 1.63 bits per heavy atom. The van der Waals surface area contributed by atoms with E-state index < -0.39 is 11.6 Å². The molecule has 3 fully saturated rings. The van der Waals surface area contributed by atoms with Crippen LogP contribution in [-0.4, -0.2) is 49.7 Å². The summed E-state index contributed by atoms with van der Waals surface area (Å²) in [6.07, 6.45) is 12.9. The van der Waals surface area contributed by atoms with Gasteiger partial charge >= 0.3 is 0 Å². The van der Waals surface area contributed by atoms with Gasteiger partial charge in [-0.05, 0) is 75.8 Å². The van der Waals surface area contributed by atoms with Gasteiger partial charge in [-0.3, -0.25) is 0 Å². The highest BCUT2D eigenvalue weighted by atomic mass is 19.1. The van der Waals surface area contributed by atoms with Crippen LogP contribution in [-0.2, 0) is 6.42 Å². The van der Waals surface area contributed by atoms with Crippen LogP contribution >= 0.6 is 0 Å². The van der Waals surface area contributed by atoms with E-state index in [2.05, 4.69) is 20.3 Å². The van der Waals surface area contributed by atoms with Crippen LogP contribution in [0.4, 0.5) is 20.5 Å². The highest BCUT2D eigenvalue weighted by Gasteiger charge is 2.26. The zero-order valence-corrected chi connectivity index (χ0v) is 21.9. The average molecular weight is 525 g/mol. The van der Waals surface area contributed by atoms with Gasteiger partial charge in [0.05, 0.1) is 6.33 Å². The smallest absolute Gasteiger partial charge is 0.227 e. The first-order valence-electron chi connectivity index (χ1n) is 14.2. The van der Waals surface area contributed by atoms with Crippen molar-refractivity contribution in [3.63, 3.8) is 0 Å². The van der Waals surface area contributed by atoms with E-state index in [1.165, 1.54) is 31.0 Å². The Morgan fingerprint density at radius 1 is 0.921 bits per heavy atom. The van der Waals surface area contributed by atoms with Crippen LogP contribution in [0.3, 0.4) is 0 Å². The molecule has 2 saturated carbocycles. The number of nitrogens with zero attached hydrogens (tertiary/aromatic N) is 5. The summed E-state index contributed by atoms with van der Waals surface area (Å²) in [6.45, 7) is 1.53. The van der Waals surface area contributed by atoms with E-state index in [9.17, 15) is 8.78 Å². The molecule has 0 amide bonds. The molecule has 0 spiro atoms. The second-order valence-electron chi connectivity index (χ2n) is 11.4. The summed E-state index contributed by atoms with van der Waals surface area (Å²) in [7, 11) is 0. The zero-order chi connectivity index (χ0) is 26.1. The van der Waals surface area contributed by atoms with Crippen LogP contribution in [0.1, 0.15) is 75.8 Å². The molecule has 1 saturated heterocycles. The number of nitrogens with one attached hydrogen (secondary N) is 2. The van der Waals surface area contributed by atoms with Gasteiger partial charge in [-0.2, -0.15) is 9.97 Å². The number of nitrogens with two attached hydrogens (primary N) is 1. The molecule has 0 bridgehead atoms. The Bertz CT molecular complexity index is 1220. The first-order valence-corrected chi connectivity index (χ1v) is 14.2. The lowest BCUT2D eigenvalue weighted by atomic mass is 9.90. The van der Waals surface area contributed by atoms with Gasteiger partial charge in [0.25, 0.3) is 0 Å². The SMILES string of the molecule is NC1CCC(Nc2nc(NN3CCC(Cc4c(F)cccc4F)CC3)c3ncn(C4CCCC4)c3n2)CC1. The summed E-state index contributed by atoms with van der Waals surface area (Å²) >= 11 is 0. The number of hydrazine groups is 1. The minimum atomic E-state index is -0.452. The molecule has 2 aromatic heterocycles. The number of benzene rings is 1. The Hall–Kier alpha value is -2.85. The number of rotatable bonds is 7. The fraction of sp³-hybridized carbons (Fsp3) is 0.607. The van der Waals surface area contributed by atoms with Crippen molar-refractivity contribution in [3.8, 4) is 0 Å². The van der Waals surface area contributed by atoms with Crippen LogP contribution in [0, 0.1) is 17.6 Å². The van der Waals surface area contributed by atoms with E-state index in [4.69, 9.17) is 20.7 Å². The number of aromatic nitrogens is 4. The third-order valence-corrected chi connectivity index (χ3v) is 8.68. The molecule has 2 aliphatic carbocycles. The zero-order valence-electron chi connectivity index (χ0n) is 21.9. The molecule has 1 aliphatic heterocycles. The van der Waals surface area contributed by atoms with E-state index in [0.717, 1.165) is 75.6 Å². The fourth-order valence-corrected chi connectivity index (χ4v) is 6.37. The van der Waals surface area contributed by atoms with Crippen molar-refractivity contribution in [2.45, 2.75) is 88.8 Å². The predicted octanol–water partition coefficient (Wildman–Crippen LogP) is 5.18. The number of hydrogen-bond acceptors (Lipinski definition) is 7. The standard InChI is InChI=1S/C28H38F2N8/c29-23-6-3-7-24(30)22(23)16-18-12-14-37(15-13-18)36-26-25-27(38(17-32-25)21-4-1-2-5-21)35-28(34-26)33-20-10-8-19(31)9-11-20/h3,6-7,17-21H,1-2,4-5,8-16,31H2,(H2,33,34,35,36). The number of imidazole rings is 1. The summed E-state index contributed by atoms with van der Waals surface area (Å²) in [6, 6.07) is 5.13. The van der Waals surface area contributed by atoms with Gasteiger partial charge in [-0.25, -0.2) is 18.8 Å². The lowest BCUT2D eigenvalue weighted by Crippen LogP contribution is -2.39. The third kappa shape index (κ3) is 5.47. The molecule has 0 unspecified atom stereocenters. The molecule has 10 heteroatoms. The summed E-state index contributed by atoms with van der Waals surface area (Å²) < 4.78 is 30.5. The van der Waals surface area contributed by atoms with Crippen LogP contribution in [0.5, 0.6) is 0 Å². The summed E-state index contributed by atoms with van der Waals surface area (Å²) in [5.41, 5.74) is 11.5. The van der Waals surface area contributed by atoms with Gasteiger partial charge in [0.15, 0.2) is 17.0 Å². The topological polar surface area (TPSA) is 96.9 Å². The summed E-state index contributed by atoms with van der Waals surface area (Å²) in [5, 5.41) is 5.72. The molecule has 0 atom stereocenters. The first kappa shape index (κ1) is 25.4. The van der Waals surface area contributed by atoms with Crippen molar-refractivity contribution in [3.05, 3.63) is 41.7 Å². The Morgan fingerprint density at radius 3 is 2.34 bits per heavy atom. The minimum absolute atomic E-state index is 0.202. The monoisotopic (exact) mass is 524 g/mol. The normalized spacial score (nSPS) is 23.8. The Balaban J connectivity index is 1.18. The molecule has 3 heterocycles. The molecule has 204 valence electrons. The average Bonchev–Trinajstić information content (AvgIpc) is 3.59. The molecule has 0 radical (unpaired) electrons. The summed E-state index contributed by atoms with van der Waals surface area (Å²) in [5.74, 6) is 0.672. The van der Waals surface area contributed by atoms with Gasteiger partial charge in [-0.15, -0.1) is 0 Å². The van der Waals surface area contributed by atoms with Gasteiger partial charge in [0, 0.05) is 36.8 Å². The third-order valence-electron chi connectivity index (χ3n) is 8.68. The predicted molar refractivity (Wildman–Crippen MR) is 145 cm³/mol. The number of anilines is 2. The quantitative estimate of drug-likeness (QED) is 0.392. The van der Waals surface area contributed by atoms with Crippen LogP contribution < -0.4 is 16.5 Å². The van der Waals surface area contributed by atoms with E-state index in [1.807, 2.05) is 6.33 Å². The largest absolute Gasteiger partial charge is 0.351 e. The molecular formula is C28H38F2N8. The highest BCUT2D eigenvalue weighted by molar-refractivity contribution is 5.84. The molecule has 3 aromatic rings. The second kappa shape index (κ2) is 11.1. The van der Waals surface area contributed by atoms with Crippen molar-refractivity contribution in [1.82, 2.24) is 24.5 Å². The van der Waals surface area contributed by atoms with Crippen LogP contribution in [0.25, 0.3) is 11.2 Å². The maximum Gasteiger partial charge on any atom is 0.227 e. The maximum atomic E-state index is 14.2. The molecule has 38 heavy (non-hydrogen) atoms. The van der Waals surface area contributed by atoms with E-state index >= 15 is 0 Å². The van der Waals surface area contributed by atoms with Crippen molar-refractivity contribution < 1.29 is 8.78 Å². The van der Waals surface area contributed by atoms with E-state index in [0.29, 0.717) is 30.3 Å². The maximum absolute atomic E-state index is 14.2. The fourth-order valence-electron chi connectivity index (χ4n) is 6.37. The first-order chi connectivity index (χ1) is 18.5. The van der Waals surface area contributed by atoms with Crippen LogP contribution in [0.15, 0.2) is 24.5 Å². The molecule has 6 rings (SSSR count). The Labute approximate surface area is 222 Å². The molecule has 8 nitrogen and oxygen atoms in total. The molecule has 4 N–H and O–H groups in total. The number of hydrogen-bond donors (Lipinski definition) is 3. The van der Waals surface area contributed by atoms with E-state index in [1.54, 1.807) is 0 Å². The lowest BCUT2D eigenvalue weighted by molar-refractivity contribution is 0.214.